The molecule has 0 spiro atoms. The highest BCUT2D eigenvalue weighted by Gasteiger charge is 2.20. The minimum Gasteiger partial charge on any atom is -0.588 e. The SMILES string of the molecule is O=[S+]([O-])(Nc1ccc(N2CCNCC2)cc1)c1ccc(NCc2ccc(Br)cc2O)cc1. The standard InChI is InChI=1S/C23H25BrN4O3S/c24-18-2-1-17(23(29)15-18)16-26-19-5-9-22(10-6-19)32(30,31)27-20-3-7-21(8-4-20)28-13-11-25-12-14-28/h1-10,15,25H,11-14,16H2,(H3-,26,27,29,30,31). The summed E-state index contributed by atoms with van der Waals surface area (Å²) >= 11 is 3.32. The number of phenols is 1. The fourth-order valence-corrected chi connectivity index (χ4v) is 4.92. The van der Waals surface area contributed by atoms with Crippen molar-refractivity contribution in [2.24, 2.45) is 0 Å². The molecule has 0 radical (unpaired) electrons. The van der Waals surface area contributed by atoms with E-state index in [2.05, 4.69) is 36.2 Å². The molecule has 1 unspecified atom stereocenters. The Morgan fingerprint density at radius 1 is 1.00 bits per heavy atom. The number of benzene rings is 3. The van der Waals surface area contributed by atoms with Gasteiger partial charge in [0.05, 0.1) is 5.69 Å². The van der Waals surface area contributed by atoms with Gasteiger partial charge in [-0.2, -0.15) is 0 Å². The van der Waals surface area contributed by atoms with Crippen molar-refractivity contribution in [3.63, 3.8) is 0 Å². The molecule has 1 atom stereocenters. The van der Waals surface area contributed by atoms with Crippen LogP contribution >= 0.6 is 15.9 Å². The lowest BCUT2D eigenvalue weighted by Crippen LogP contribution is -2.43. The third kappa shape index (κ3) is 5.60. The number of hydrogen-bond donors (Lipinski definition) is 4. The molecule has 1 fully saturated rings. The van der Waals surface area contributed by atoms with Crippen LogP contribution in [-0.4, -0.2) is 35.8 Å². The molecule has 4 rings (SSSR count). The number of rotatable bonds is 7. The van der Waals surface area contributed by atoms with Crippen molar-refractivity contribution in [1.82, 2.24) is 5.32 Å². The molecule has 32 heavy (non-hydrogen) atoms. The van der Waals surface area contributed by atoms with E-state index in [1.165, 1.54) is 0 Å². The zero-order valence-corrected chi connectivity index (χ0v) is 19.8. The Morgan fingerprint density at radius 3 is 2.31 bits per heavy atom. The highest BCUT2D eigenvalue weighted by atomic mass is 79.9. The molecule has 0 saturated carbocycles. The number of hydrogen-bond acceptors (Lipinski definition) is 6. The average molecular weight is 517 g/mol. The van der Waals surface area contributed by atoms with E-state index in [0.29, 0.717) is 12.2 Å². The van der Waals surface area contributed by atoms with Crippen molar-refractivity contribution >= 4 is 43.4 Å². The number of sulfonamides is 1. The van der Waals surface area contributed by atoms with Crippen LogP contribution in [0.15, 0.2) is 76.1 Å². The van der Waals surface area contributed by atoms with E-state index >= 15 is 0 Å². The van der Waals surface area contributed by atoms with Crippen molar-refractivity contribution < 1.29 is 13.9 Å². The zero-order valence-electron chi connectivity index (χ0n) is 17.4. The summed E-state index contributed by atoms with van der Waals surface area (Å²) in [6, 6.07) is 19.3. The zero-order chi connectivity index (χ0) is 22.6. The quantitative estimate of drug-likeness (QED) is 0.351. The third-order valence-corrected chi connectivity index (χ3v) is 7.19. The third-order valence-electron chi connectivity index (χ3n) is 5.30. The minimum absolute atomic E-state index is 0.181. The molecule has 1 aliphatic heterocycles. The molecule has 1 saturated heterocycles. The maximum absolute atomic E-state index is 12.8. The molecular weight excluding hydrogens is 492 g/mol. The van der Waals surface area contributed by atoms with Gasteiger partial charge in [-0.15, -0.1) is 0 Å². The van der Waals surface area contributed by atoms with Crippen LogP contribution in [0.2, 0.25) is 0 Å². The van der Waals surface area contributed by atoms with Crippen LogP contribution in [0.1, 0.15) is 5.56 Å². The normalized spacial score (nSPS) is 15.8. The topological polar surface area (TPSA) is 99.7 Å². The number of halogens is 1. The second-order valence-corrected chi connectivity index (χ2v) is 10.1. The van der Waals surface area contributed by atoms with Crippen molar-refractivity contribution in [2.45, 2.75) is 11.4 Å². The number of nitrogens with zero attached hydrogens (tertiary/aromatic N) is 1. The predicted octanol–water partition coefficient (Wildman–Crippen LogP) is 4.19. The first-order valence-electron chi connectivity index (χ1n) is 10.3. The van der Waals surface area contributed by atoms with Crippen LogP contribution in [0.4, 0.5) is 17.1 Å². The van der Waals surface area contributed by atoms with Crippen LogP contribution in [0.5, 0.6) is 5.75 Å². The molecule has 0 aliphatic carbocycles. The van der Waals surface area contributed by atoms with E-state index in [-0.39, 0.29) is 10.6 Å². The van der Waals surface area contributed by atoms with E-state index in [0.717, 1.165) is 47.6 Å². The smallest absolute Gasteiger partial charge is 0.180 e. The van der Waals surface area contributed by atoms with Crippen molar-refractivity contribution in [3.8, 4) is 5.75 Å². The maximum Gasteiger partial charge on any atom is 0.180 e. The van der Waals surface area contributed by atoms with Gasteiger partial charge in [0, 0.05) is 54.1 Å². The summed E-state index contributed by atoms with van der Waals surface area (Å²) < 4.78 is 29.0. The van der Waals surface area contributed by atoms with Crippen molar-refractivity contribution in [2.75, 3.05) is 41.1 Å². The summed E-state index contributed by atoms with van der Waals surface area (Å²) in [7, 11) is -3.69. The second kappa shape index (κ2) is 9.91. The van der Waals surface area contributed by atoms with Gasteiger partial charge in [0.2, 0.25) is 0 Å². The summed E-state index contributed by atoms with van der Waals surface area (Å²) in [5.74, 6) is 0.193. The van der Waals surface area contributed by atoms with Crippen LogP contribution in [-0.2, 0) is 21.2 Å². The first-order valence-corrected chi connectivity index (χ1v) is 12.6. The molecule has 9 heteroatoms. The van der Waals surface area contributed by atoms with Crippen molar-refractivity contribution in [3.05, 3.63) is 76.8 Å². The molecule has 3 aromatic rings. The molecule has 3 aromatic carbocycles. The fourth-order valence-electron chi connectivity index (χ4n) is 3.51. The summed E-state index contributed by atoms with van der Waals surface area (Å²) in [4.78, 5) is 2.45. The Labute approximate surface area is 197 Å². The van der Waals surface area contributed by atoms with Gasteiger partial charge in [-0.05, 0) is 60.7 Å². The molecule has 0 bridgehead atoms. The monoisotopic (exact) mass is 516 g/mol. The number of nitrogens with one attached hydrogen (secondary N) is 3. The van der Waals surface area contributed by atoms with Crippen LogP contribution < -0.4 is 20.3 Å². The highest BCUT2D eigenvalue weighted by Crippen LogP contribution is 2.26. The van der Waals surface area contributed by atoms with Gasteiger partial charge in [0.15, 0.2) is 15.3 Å². The van der Waals surface area contributed by atoms with Gasteiger partial charge in [0.1, 0.15) is 5.75 Å². The van der Waals surface area contributed by atoms with E-state index in [9.17, 15) is 13.9 Å². The maximum atomic E-state index is 12.8. The summed E-state index contributed by atoms with van der Waals surface area (Å²) in [6.07, 6.45) is 0. The molecule has 0 amide bonds. The molecule has 1 heterocycles. The molecular formula is C23H25BrN4O3S. The molecule has 168 valence electrons. The summed E-state index contributed by atoms with van der Waals surface area (Å²) in [5, 5.41) is 16.5. The fraction of sp³-hybridized carbons (Fsp3) is 0.217. The predicted molar refractivity (Wildman–Crippen MR) is 132 cm³/mol. The van der Waals surface area contributed by atoms with E-state index < -0.39 is 10.4 Å². The summed E-state index contributed by atoms with van der Waals surface area (Å²) in [6.45, 7) is 4.19. The lowest BCUT2D eigenvalue weighted by Gasteiger charge is -2.29. The average Bonchev–Trinajstić information content (AvgIpc) is 2.80. The Hall–Kier alpha value is -2.59. The van der Waals surface area contributed by atoms with Gasteiger partial charge < -0.3 is 25.2 Å². The minimum atomic E-state index is -3.69. The lowest BCUT2D eigenvalue weighted by molar-refractivity contribution is 0.468. The van der Waals surface area contributed by atoms with Crippen LogP contribution in [0.25, 0.3) is 0 Å². The largest absolute Gasteiger partial charge is 0.588 e. The van der Waals surface area contributed by atoms with Crippen LogP contribution in [0, 0.1) is 0 Å². The Balaban J connectivity index is 1.37. The first-order chi connectivity index (χ1) is 15.4. The van der Waals surface area contributed by atoms with Gasteiger partial charge in [-0.3, -0.25) is 0 Å². The Morgan fingerprint density at radius 2 is 1.66 bits per heavy atom. The van der Waals surface area contributed by atoms with E-state index in [1.54, 1.807) is 42.5 Å². The van der Waals surface area contributed by atoms with Gasteiger partial charge in [0.25, 0.3) is 0 Å². The van der Waals surface area contributed by atoms with Crippen molar-refractivity contribution in [1.29, 1.82) is 0 Å². The van der Waals surface area contributed by atoms with Gasteiger partial charge in [-0.25, -0.2) is 4.72 Å². The molecule has 0 aromatic heterocycles. The van der Waals surface area contributed by atoms with E-state index in [4.69, 9.17) is 0 Å². The highest BCUT2D eigenvalue weighted by molar-refractivity contribution is 9.10. The van der Waals surface area contributed by atoms with Crippen LogP contribution in [0.3, 0.4) is 0 Å². The Bertz CT molecular complexity index is 1100. The Kier molecular flexibility index (Phi) is 7.00. The van der Waals surface area contributed by atoms with E-state index in [1.807, 2.05) is 24.3 Å². The molecule has 1 aliphatic rings. The number of anilines is 3. The summed E-state index contributed by atoms with van der Waals surface area (Å²) in [5.41, 5.74) is 3.11. The lowest BCUT2D eigenvalue weighted by atomic mass is 10.2. The number of phenolic OH excluding ortho intramolecular Hbond substituents is 1. The number of piperazine rings is 1. The molecule has 4 N–H and O–H groups in total. The van der Waals surface area contributed by atoms with Gasteiger partial charge >= 0.3 is 0 Å². The first kappa shape index (κ1) is 22.6. The number of aromatic hydroxyl groups is 1. The van der Waals surface area contributed by atoms with Gasteiger partial charge in [-0.1, -0.05) is 26.2 Å². The molecule has 7 nitrogen and oxygen atoms in total. The second-order valence-electron chi connectivity index (χ2n) is 7.54.